The average molecular weight is 236 g/mol. The van der Waals surface area contributed by atoms with Crippen LogP contribution in [0.1, 0.15) is 36.8 Å². The van der Waals surface area contributed by atoms with E-state index in [0.717, 1.165) is 29.2 Å². The molecule has 2 rings (SSSR count). The van der Waals surface area contributed by atoms with Crippen molar-refractivity contribution in [2.45, 2.75) is 25.7 Å². The van der Waals surface area contributed by atoms with Gasteiger partial charge in [-0.2, -0.15) is 0 Å². The zero-order valence-electron chi connectivity index (χ0n) is 9.72. The number of benzene rings is 1. The number of nitrogens with one attached hydrogen (secondary N) is 1. The first-order valence-corrected chi connectivity index (χ1v) is 6.21. The molecule has 1 saturated heterocycles. The van der Waals surface area contributed by atoms with Crippen LogP contribution in [-0.4, -0.2) is 13.1 Å². The van der Waals surface area contributed by atoms with E-state index in [0.29, 0.717) is 5.92 Å². The highest BCUT2D eigenvalue weighted by Crippen LogP contribution is 2.28. The number of piperidine rings is 1. The van der Waals surface area contributed by atoms with Gasteiger partial charge in [0.2, 0.25) is 0 Å². The molecule has 0 saturated carbocycles. The molecule has 0 spiro atoms. The van der Waals surface area contributed by atoms with Crippen molar-refractivity contribution in [3.05, 3.63) is 40.9 Å². The van der Waals surface area contributed by atoms with Crippen LogP contribution in [0.4, 0.5) is 0 Å². The number of allylic oxidation sites excluding steroid dienone is 1. The Labute approximate surface area is 103 Å². The van der Waals surface area contributed by atoms with Gasteiger partial charge < -0.3 is 5.32 Å². The van der Waals surface area contributed by atoms with E-state index < -0.39 is 0 Å². The highest BCUT2D eigenvalue weighted by Gasteiger charge is 2.16. The fourth-order valence-electron chi connectivity index (χ4n) is 2.23. The summed E-state index contributed by atoms with van der Waals surface area (Å²) in [5, 5.41) is 4.26. The molecule has 1 aromatic carbocycles. The molecular weight excluding hydrogens is 218 g/mol. The second-order valence-corrected chi connectivity index (χ2v) is 5.03. The quantitative estimate of drug-likeness (QED) is 0.821. The second kappa shape index (κ2) is 5.03. The number of halogens is 1. The molecule has 1 fully saturated rings. The first-order valence-electron chi connectivity index (χ1n) is 5.84. The third kappa shape index (κ3) is 2.66. The SMILES string of the molecule is C=C(C)c1cc(Cl)cc(C2CCCNC2)c1. The molecule has 1 aliphatic heterocycles. The Bertz CT molecular complexity index is 392. The molecule has 0 bridgehead atoms. The predicted molar refractivity (Wildman–Crippen MR) is 71.0 cm³/mol. The van der Waals surface area contributed by atoms with Crippen LogP contribution in [-0.2, 0) is 0 Å². The van der Waals surface area contributed by atoms with Crippen LogP contribution in [0.2, 0.25) is 5.02 Å². The fraction of sp³-hybridized carbons (Fsp3) is 0.429. The minimum atomic E-state index is 0.602. The molecule has 0 amide bonds. The Balaban J connectivity index is 2.28. The van der Waals surface area contributed by atoms with Crippen LogP contribution >= 0.6 is 11.6 Å². The van der Waals surface area contributed by atoms with Gasteiger partial charge in [-0.25, -0.2) is 0 Å². The molecule has 86 valence electrons. The van der Waals surface area contributed by atoms with Gasteiger partial charge in [-0.15, -0.1) is 0 Å². The van der Waals surface area contributed by atoms with E-state index in [9.17, 15) is 0 Å². The summed E-state index contributed by atoms with van der Waals surface area (Å²) in [4.78, 5) is 0. The van der Waals surface area contributed by atoms with E-state index in [1.165, 1.54) is 18.4 Å². The number of hydrogen-bond acceptors (Lipinski definition) is 1. The summed E-state index contributed by atoms with van der Waals surface area (Å²) < 4.78 is 0. The Morgan fingerprint density at radius 2 is 2.25 bits per heavy atom. The number of hydrogen-bond donors (Lipinski definition) is 1. The van der Waals surface area contributed by atoms with Crippen molar-refractivity contribution in [3.8, 4) is 0 Å². The molecule has 1 aliphatic rings. The molecular formula is C14H18ClN. The lowest BCUT2D eigenvalue weighted by molar-refractivity contribution is 0.461. The molecule has 1 heterocycles. The lowest BCUT2D eigenvalue weighted by atomic mass is 9.90. The zero-order valence-corrected chi connectivity index (χ0v) is 10.5. The third-order valence-electron chi connectivity index (χ3n) is 3.18. The van der Waals surface area contributed by atoms with Crippen molar-refractivity contribution in [1.82, 2.24) is 5.32 Å². The molecule has 0 aromatic heterocycles. The van der Waals surface area contributed by atoms with Crippen molar-refractivity contribution in [1.29, 1.82) is 0 Å². The molecule has 2 heteroatoms. The summed E-state index contributed by atoms with van der Waals surface area (Å²) in [6.45, 7) is 8.21. The second-order valence-electron chi connectivity index (χ2n) is 4.60. The molecule has 0 aliphatic carbocycles. The molecule has 1 unspecified atom stereocenters. The monoisotopic (exact) mass is 235 g/mol. The van der Waals surface area contributed by atoms with E-state index in [1.807, 2.05) is 13.0 Å². The Hall–Kier alpha value is -0.790. The van der Waals surface area contributed by atoms with Gasteiger partial charge >= 0.3 is 0 Å². The van der Waals surface area contributed by atoms with Gasteiger partial charge in [0.15, 0.2) is 0 Å². The fourth-order valence-corrected chi connectivity index (χ4v) is 2.47. The molecule has 0 radical (unpaired) electrons. The first kappa shape index (κ1) is 11.7. The van der Waals surface area contributed by atoms with Gasteiger partial charge in [-0.05, 0) is 55.5 Å². The Kier molecular flexibility index (Phi) is 3.67. The minimum absolute atomic E-state index is 0.602. The Morgan fingerprint density at radius 1 is 1.44 bits per heavy atom. The summed E-state index contributed by atoms with van der Waals surface area (Å²) in [5.41, 5.74) is 3.58. The summed E-state index contributed by atoms with van der Waals surface area (Å²) in [7, 11) is 0. The summed E-state index contributed by atoms with van der Waals surface area (Å²) in [5.74, 6) is 0.602. The van der Waals surface area contributed by atoms with Crippen molar-refractivity contribution in [3.63, 3.8) is 0 Å². The van der Waals surface area contributed by atoms with Crippen LogP contribution in [0.3, 0.4) is 0 Å². The maximum atomic E-state index is 6.15. The van der Waals surface area contributed by atoms with Crippen molar-refractivity contribution < 1.29 is 0 Å². The van der Waals surface area contributed by atoms with Gasteiger partial charge in [-0.3, -0.25) is 0 Å². The van der Waals surface area contributed by atoms with E-state index in [-0.39, 0.29) is 0 Å². The van der Waals surface area contributed by atoms with E-state index in [1.54, 1.807) is 0 Å². The lowest BCUT2D eigenvalue weighted by Crippen LogP contribution is -2.28. The maximum Gasteiger partial charge on any atom is 0.0414 e. The lowest BCUT2D eigenvalue weighted by Gasteiger charge is -2.23. The van der Waals surface area contributed by atoms with Gasteiger partial charge in [-0.1, -0.05) is 29.8 Å². The van der Waals surface area contributed by atoms with Gasteiger partial charge in [0.25, 0.3) is 0 Å². The summed E-state index contributed by atoms with van der Waals surface area (Å²) in [6, 6.07) is 6.31. The standard InChI is InChI=1S/C14H18ClN/c1-10(2)12-6-13(8-14(15)7-12)11-4-3-5-16-9-11/h6-8,11,16H,1,3-5,9H2,2H3. The van der Waals surface area contributed by atoms with Crippen LogP contribution < -0.4 is 5.32 Å². The maximum absolute atomic E-state index is 6.15. The van der Waals surface area contributed by atoms with E-state index in [4.69, 9.17) is 11.6 Å². The van der Waals surface area contributed by atoms with Crippen molar-refractivity contribution in [2.75, 3.05) is 13.1 Å². The molecule has 16 heavy (non-hydrogen) atoms. The normalized spacial score (nSPS) is 20.8. The van der Waals surface area contributed by atoms with Gasteiger partial charge in [0, 0.05) is 11.6 Å². The van der Waals surface area contributed by atoms with E-state index >= 15 is 0 Å². The number of rotatable bonds is 2. The first-order chi connectivity index (χ1) is 7.66. The predicted octanol–water partition coefficient (Wildman–Crippen LogP) is 3.84. The largest absolute Gasteiger partial charge is 0.316 e. The minimum Gasteiger partial charge on any atom is -0.316 e. The highest BCUT2D eigenvalue weighted by molar-refractivity contribution is 6.30. The molecule has 1 N–H and O–H groups in total. The summed E-state index contributed by atoms with van der Waals surface area (Å²) >= 11 is 6.15. The Morgan fingerprint density at radius 3 is 2.88 bits per heavy atom. The van der Waals surface area contributed by atoms with Crippen LogP contribution in [0, 0.1) is 0 Å². The van der Waals surface area contributed by atoms with E-state index in [2.05, 4.69) is 24.0 Å². The van der Waals surface area contributed by atoms with Crippen LogP contribution in [0.25, 0.3) is 5.57 Å². The topological polar surface area (TPSA) is 12.0 Å². The summed E-state index contributed by atoms with van der Waals surface area (Å²) in [6.07, 6.45) is 2.50. The molecule has 1 atom stereocenters. The highest BCUT2D eigenvalue weighted by atomic mass is 35.5. The third-order valence-corrected chi connectivity index (χ3v) is 3.40. The molecule has 1 aromatic rings. The zero-order chi connectivity index (χ0) is 11.5. The molecule has 1 nitrogen and oxygen atoms in total. The van der Waals surface area contributed by atoms with Gasteiger partial charge in [0.1, 0.15) is 0 Å². The average Bonchev–Trinajstić information content (AvgIpc) is 2.29. The van der Waals surface area contributed by atoms with Gasteiger partial charge in [0.05, 0.1) is 0 Å². The van der Waals surface area contributed by atoms with Crippen molar-refractivity contribution in [2.24, 2.45) is 0 Å². The van der Waals surface area contributed by atoms with Crippen LogP contribution in [0.5, 0.6) is 0 Å². The smallest absolute Gasteiger partial charge is 0.0414 e. The van der Waals surface area contributed by atoms with Crippen LogP contribution in [0.15, 0.2) is 24.8 Å². The van der Waals surface area contributed by atoms with Crippen molar-refractivity contribution >= 4 is 17.2 Å².